The standard InChI is InChI=1S/C15H24N2O3S/c1-5-10-17(11-6-2)15(18)13-8-7-9-14(12-13)21(19,20)16(3)4/h7-9,12H,5-6,10-11H2,1-4H3. The van der Waals surface area contributed by atoms with Gasteiger partial charge in [-0.3, -0.25) is 4.79 Å². The molecule has 0 radical (unpaired) electrons. The lowest BCUT2D eigenvalue weighted by Crippen LogP contribution is -2.32. The molecule has 0 aliphatic carbocycles. The van der Waals surface area contributed by atoms with Crippen LogP contribution in [0.25, 0.3) is 0 Å². The molecule has 5 nitrogen and oxygen atoms in total. The maximum Gasteiger partial charge on any atom is 0.253 e. The van der Waals surface area contributed by atoms with E-state index in [0.717, 1.165) is 17.1 Å². The van der Waals surface area contributed by atoms with Crippen molar-refractivity contribution in [1.29, 1.82) is 0 Å². The number of amides is 1. The number of carbonyl (C=O) groups is 1. The van der Waals surface area contributed by atoms with Gasteiger partial charge < -0.3 is 4.90 Å². The predicted molar refractivity (Wildman–Crippen MR) is 83.8 cm³/mol. The Balaban J connectivity index is 3.12. The summed E-state index contributed by atoms with van der Waals surface area (Å²) in [6.45, 7) is 5.39. The van der Waals surface area contributed by atoms with Crippen LogP contribution in [0.4, 0.5) is 0 Å². The molecule has 0 fully saturated rings. The maximum atomic E-state index is 12.5. The van der Waals surface area contributed by atoms with E-state index < -0.39 is 10.0 Å². The molecule has 0 saturated carbocycles. The summed E-state index contributed by atoms with van der Waals surface area (Å²) < 4.78 is 25.4. The molecule has 6 heteroatoms. The molecule has 1 rings (SSSR count). The largest absolute Gasteiger partial charge is 0.339 e. The lowest BCUT2D eigenvalue weighted by atomic mass is 10.2. The van der Waals surface area contributed by atoms with Crippen LogP contribution in [0.2, 0.25) is 0 Å². The summed E-state index contributed by atoms with van der Waals surface area (Å²) in [5.41, 5.74) is 0.417. The molecule has 1 aromatic rings. The van der Waals surface area contributed by atoms with Gasteiger partial charge in [0.15, 0.2) is 0 Å². The Morgan fingerprint density at radius 2 is 1.67 bits per heavy atom. The molecule has 0 heterocycles. The number of sulfonamides is 1. The molecule has 1 amide bonds. The van der Waals surface area contributed by atoms with E-state index in [1.807, 2.05) is 13.8 Å². The van der Waals surface area contributed by atoms with Gasteiger partial charge in [0.1, 0.15) is 0 Å². The second-order valence-electron chi connectivity index (χ2n) is 5.11. The molecule has 1 aromatic carbocycles. The average molecular weight is 312 g/mol. The molecule has 0 spiro atoms. The number of rotatable bonds is 7. The van der Waals surface area contributed by atoms with Crippen LogP contribution in [-0.2, 0) is 10.0 Å². The van der Waals surface area contributed by atoms with Crippen molar-refractivity contribution in [3.63, 3.8) is 0 Å². The minimum absolute atomic E-state index is 0.116. The first-order valence-corrected chi connectivity index (χ1v) is 8.60. The van der Waals surface area contributed by atoms with Crippen LogP contribution < -0.4 is 0 Å². The van der Waals surface area contributed by atoms with Crippen molar-refractivity contribution in [2.45, 2.75) is 31.6 Å². The van der Waals surface area contributed by atoms with E-state index in [1.54, 1.807) is 17.0 Å². The summed E-state index contributed by atoms with van der Waals surface area (Å²) >= 11 is 0. The molecule has 118 valence electrons. The van der Waals surface area contributed by atoms with E-state index in [2.05, 4.69) is 0 Å². The van der Waals surface area contributed by atoms with E-state index in [-0.39, 0.29) is 10.8 Å². The zero-order valence-corrected chi connectivity index (χ0v) is 14.0. The van der Waals surface area contributed by atoms with E-state index in [0.29, 0.717) is 18.7 Å². The Labute approximate surface area is 127 Å². The molecule has 0 aliphatic rings. The molecule has 0 aromatic heterocycles. The molecule has 0 bridgehead atoms. The van der Waals surface area contributed by atoms with Gasteiger partial charge in [0.05, 0.1) is 4.90 Å². The Morgan fingerprint density at radius 3 is 2.14 bits per heavy atom. The van der Waals surface area contributed by atoms with Gasteiger partial charge in [0, 0.05) is 32.7 Å². The van der Waals surface area contributed by atoms with E-state index in [9.17, 15) is 13.2 Å². The highest BCUT2D eigenvalue weighted by molar-refractivity contribution is 7.89. The summed E-state index contributed by atoms with van der Waals surface area (Å²) in [6.07, 6.45) is 1.75. The molecule has 0 saturated heterocycles. The fraction of sp³-hybridized carbons (Fsp3) is 0.533. The number of hydrogen-bond acceptors (Lipinski definition) is 3. The average Bonchev–Trinajstić information content (AvgIpc) is 2.46. The Kier molecular flexibility index (Phi) is 6.36. The molecule has 0 N–H and O–H groups in total. The first-order valence-electron chi connectivity index (χ1n) is 7.16. The zero-order chi connectivity index (χ0) is 16.0. The van der Waals surface area contributed by atoms with Gasteiger partial charge in [-0.25, -0.2) is 12.7 Å². The van der Waals surface area contributed by atoms with Gasteiger partial charge in [0.2, 0.25) is 10.0 Å². The minimum Gasteiger partial charge on any atom is -0.339 e. The summed E-state index contributed by atoms with van der Waals surface area (Å²) in [5.74, 6) is -0.116. The second-order valence-corrected chi connectivity index (χ2v) is 7.26. The van der Waals surface area contributed by atoms with Crippen LogP contribution in [-0.4, -0.2) is 50.7 Å². The quantitative estimate of drug-likeness (QED) is 0.775. The summed E-state index contributed by atoms with van der Waals surface area (Å²) in [6, 6.07) is 6.24. The normalized spacial score (nSPS) is 11.7. The topological polar surface area (TPSA) is 57.7 Å². The number of nitrogens with zero attached hydrogens (tertiary/aromatic N) is 2. The Hall–Kier alpha value is -1.40. The van der Waals surface area contributed by atoms with Crippen LogP contribution in [0.15, 0.2) is 29.2 Å². The highest BCUT2D eigenvalue weighted by Crippen LogP contribution is 2.16. The predicted octanol–water partition coefficient (Wildman–Crippen LogP) is 2.20. The molecule has 0 atom stereocenters. The third-order valence-electron chi connectivity index (χ3n) is 3.13. The fourth-order valence-corrected chi connectivity index (χ4v) is 2.99. The molecule has 21 heavy (non-hydrogen) atoms. The van der Waals surface area contributed by atoms with Gasteiger partial charge in [-0.05, 0) is 31.0 Å². The summed E-state index contributed by atoms with van der Waals surface area (Å²) in [5, 5.41) is 0. The third kappa shape index (κ3) is 4.28. The molecular formula is C15H24N2O3S. The van der Waals surface area contributed by atoms with Gasteiger partial charge >= 0.3 is 0 Å². The molecule has 0 unspecified atom stereocenters. The van der Waals surface area contributed by atoms with Crippen LogP contribution in [0.1, 0.15) is 37.0 Å². The first-order chi connectivity index (χ1) is 9.84. The summed E-state index contributed by atoms with van der Waals surface area (Å²) in [7, 11) is -0.568. The van der Waals surface area contributed by atoms with Crippen molar-refractivity contribution in [2.75, 3.05) is 27.2 Å². The lowest BCUT2D eigenvalue weighted by Gasteiger charge is -2.22. The highest BCUT2D eigenvalue weighted by atomic mass is 32.2. The SMILES string of the molecule is CCCN(CCC)C(=O)c1cccc(S(=O)(=O)N(C)C)c1. The second kappa shape index (κ2) is 7.56. The monoisotopic (exact) mass is 312 g/mol. The van der Waals surface area contributed by atoms with E-state index >= 15 is 0 Å². The van der Waals surface area contributed by atoms with Crippen molar-refractivity contribution in [3.8, 4) is 0 Å². The van der Waals surface area contributed by atoms with Crippen molar-refractivity contribution >= 4 is 15.9 Å². The van der Waals surface area contributed by atoms with Gasteiger partial charge in [-0.15, -0.1) is 0 Å². The van der Waals surface area contributed by atoms with Crippen molar-refractivity contribution in [1.82, 2.24) is 9.21 Å². The van der Waals surface area contributed by atoms with Crippen molar-refractivity contribution in [2.24, 2.45) is 0 Å². The third-order valence-corrected chi connectivity index (χ3v) is 4.94. The minimum atomic E-state index is -3.52. The van der Waals surface area contributed by atoms with Crippen LogP contribution in [0, 0.1) is 0 Å². The van der Waals surface area contributed by atoms with Crippen molar-refractivity contribution in [3.05, 3.63) is 29.8 Å². The van der Waals surface area contributed by atoms with Crippen molar-refractivity contribution < 1.29 is 13.2 Å². The smallest absolute Gasteiger partial charge is 0.253 e. The summed E-state index contributed by atoms with van der Waals surface area (Å²) in [4.78, 5) is 14.4. The molecular weight excluding hydrogens is 288 g/mol. The zero-order valence-electron chi connectivity index (χ0n) is 13.2. The highest BCUT2D eigenvalue weighted by Gasteiger charge is 2.20. The molecule has 0 aliphatic heterocycles. The van der Waals surface area contributed by atoms with Gasteiger partial charge in [-0.2, -0.15) is 0 Å². The number of hydrogen-bond donors (Lipinski definition) is 0. The van der Waals surface area contributed by atoms with Crippen LogP contribution >= 0.6 is 0 Å². The van der Waals surface area contributed by atoms with E-state index in [1.165, 1.54) is 26.2 Å². The first kappa shape index (κ1) is 17.7. The van der Waals surface area contributed by atoms with E-state index in [4.69, 9.17) is 0 Å². The maximum absolute atomic E-state index is 12.5. The van der Waals surface area contributed by atoms with Crippen LogP contribution in [0.3, 0.4) is 0 Å². The van der Waals surface area contributed by atoms with Gasteiger partial charge in [0.25, 0.3) is 5.91 Å². The van der Waals surface area contributed by atoms with Gasteiger partial charge in [-0.1, -0.05) is 19.9 Å². The number of benzene rings is 1. The fourth-order valence-electron chi connectivity index (χ4n) is 2.04. The number of carbonyl (C=O) groups excluding carboxylic acids is 1. The lowest BCUT2D eigenvalue weighted by molar-refractivity contribution is 0.0755. The Morgan fingerprint density at radius 1 is 1.10 bits per heavy atom. The van der Waals surface area contributed by atoms with Crippen LogP contribution in [0.5, 0.6) is 0 Å². The Bertz CT molecular complexity index is 576.